The molecule has 2 rings (SSSR count). The van der Waals surface area contributed by atoms with Crippen molar-refractivity contribution in [2.75, 3.05) is 0 Å². The molecule has 0 amide bonds. The van der Waals surface area contributed by atoms with E-state index in [1.54, 1.807) is 18.3 Å². The van der Waals surface area contributed by atoms with Gasteiger partial charge in [0.05, 0.1) is 12.1 Å². The lowest BCUT2D eigenvalue weighted by molar-refractivity contribution is 0.0696. The van der Waals surface area contributed by atoms with Gasteiger partial charge in [0, 0.05) is 11.8 Å². The molecule has 0 atom stereocenters. The first-order valence-corrected chi connectivity index (χ1v) is 3.64. The Morgan fingerprint density at radius 3 is 3.08 bits per heavy atom. The highest BCUT2D eigenvalue weighted by molar-refractivity contribution is 6.00. The van der Waals surface area contributed by atoms with Gasteiger partial charge in [0.25, 0.3) is 0 Å². The van der Waals surface area contributed by atoms with Crippen molar-refractivity contribution in [2.24, 2.45) is 4.99 Å². The molecule has 0 bridgehead atoms. The normalized spacial score (nSPS) is 13.0. The van der Waals surface area contributed by atoms with Gasteiger partial charge < -0.3 is 5.11 Å². The molecule has 0 aromatic heterocycles. The molecule has 1 aromatic rings. The molecule has 1 aliphatic heterocycles. The van der Waals surface area contributed by atoms with Gasteiger partial charge in [0.1, 0.15) is 0 Å². The zero-order valence-corrected chi connectivity index (χ0v) is 6.32. The number of carboxylic acids is 1. The van der Waals surface area contributed by atoms with Crippen LogP contribution in [0.3, 0.4) is 0 Å². The number of carboxylic acid groups (broad SMARTS) is 1. The van der Waals surface area contributed by atoms with Crippen molar-refractivity contribution in [1.29, 1.82) is 0 Å². The third-order valence-corrected chi connectivity index (χ3v) is 1.91. The van der Waals surface area contributed by atoms with Crippen LogP contribution in [0.15, 0.2) is 23.2 Å². The van der Waals surface area contributed by atoms with E-state index in [1.807, 2.05) is 6.07 Å². The van der Waals surface area contributed by atoms with Crippen molar-refractivity contribution >= 4 is 12.2 Å². The molecule has 0 fully saturated rings. The van der Waals surface area contributed by atoms with E-state index in [2.05, 4.69) is 4.99 Å². The molecule has 0 saturated heterocycles. The van der Waals surface area contributed by atoms with E-state index >= 15 is 0 Å². The average molecular weight is 161 g/mol. The lowest BCUT2D eigenvalue weighted by Gasteiger charge is -2.00. The van der Waals surface area contributed by atoms with Crippen LogP contribution in [0.4, 0.5) is 0 Å². The van der Waals surface area contributed by atoms with Crippen LogP contribution in [-0.4, -0.2) is 17.3 Å². The van der Waals surface area contributed by atoms with E-state index in [9.17, 15) is 4.79 Å². The van der Waals surface area contributed by atoms with Crippen molar-refractivity contribution < 1.29 is 9.90 Å². The second-order valence-electron chi connectivity index (χ2n) is 2.65. The number of carbonyl (C=O) groups is 1. The molecule has 0 spiro atoms. The van der Waals surface area contributed by atoms with Crippen LogP contribution in [-0.2, 0) is 6.54 Å². The molecule has 60 valence electrons. The smallest absolute Gasteiger partial charge is 0.336 e. The highest BCUT2D eigenvalue weighted by Gasteiger charge is 2.14. The summed E-state index contributed by atoms with van der Waals surface area (Å²) >= 11 is 0. The summed E-state index contributed by atoms with van der Waals surface area (Å²) in [7, 11) is 0. The van der Waals surface area contributed by atoms with Gasteiger partial charge in [-0.2, -0.15) is 0 Å². The summed E-state index contributed by atoms with van der Waals surface area (Å²) in [5.74, 6) is -0.889. The van der Waals surface area contributed by atoms with Gasteiger partial charge in [-0.25, -0.2) is 4.79 Å². The van der Waals surface area contributed by atoms with Crippen LogP contribution in [0.1, 0.15) is 21.5 Å². The highest BCUT2D eigenvalue weighted by atomic mass is 16.4. The fourth-order valence-corrected chi connectivity index (χ4v) is 1.33. The van der Waals surface area contributed by atoms with Crippen molar-refractivity contribution in [3.63, 3.8) is 0 Å². The lowest BCUT2D eigenvalue weighted by Crippen LogP contribution is -2.01. The van der Waals surface area contributed by atoms with Gasteiger partial charge in [0.2, 0.25) is 0 Å². The van der Waals surface area contributed by atoms with Gasteiger partial charge in [0.15, 0.2) is 0 Å². The molecule has 3 nitrogen and oxygen atoms in total. The van der Waals surface area contributed by atoms with Crippen LogP contribution in [0, 0.1) is 0 Å². The SMILES string of the molecule is O=C(O)c1cccc2c1C=NC2. The van der Waals surface area contributed by atoms with E-state index in [1.165, 1.54) is 0 Å². The molecule has 1 N–H and O–H groups in total. The molecule has 12 heavy (non-hydrogen) atoms. The number of aliphatic imine (C=N–C) groups is 1. The summed E-state index contributed by atoms with van der Waals surface area (Å²) in [6.07, 6.45) is 1.62. The van der Waals surface area contributed by atoms with Crippen LogP contribution >= 0.6 is 0 Å². The molecule has 0 radical (unpaired) electrons. The number of nitrogens with zero attached hydrogens (tertiary/aromatic N) is 1. The number of fused-ring (bicyclic) bond motifs is 1. The molecule has 0 aliphatic carbocycles. The van der Waals surface area contributed by atoms with Gasteiger partial charge in [-0.15, -0.1) is 0 Å². The first-order chi connectivity index (χ1) is 5.79. The Bertz CT molecular complexity index is 369. The Morgan fingerprint density at radius 1 is 1.50 bits per heavy atom. The minimum absolute atomic E-state index is 0.341. The summed E-state index contributed by atoms with van der Waals surface area (Å²) in [6, 6.07) is 5.24. The van der Waals surface area contributed by atoms with E-state index in [4.69, 9.17) is 5.11 Å². The van der Waals surface area contributed by atoms with E-state index in [-0.39, 0.29) is 0 Å². The fourth-order valence-electron chi connectivity index (χ4n) is 1.33. The first-order valence-electron chi connectivity index (χ1n) is 3.64. The molecular weight excluding hydrogens is 154 g/mol. The molecule has 1 aromatic carbocycles. The molecule has 0 unspecified atom stereocenters. The van der Waals surface area contributed by atoms with Crippen LogP contribution in [0.5, 0.6) is 0 Å². The van der Waals surface area contributed by atoms with Crippen molar-refractivity contribution in [1.82, 2.24) is 0 Å². The van der Waals surface area contributed by atoms with Crippen LogP contribution in [0.25, 0.3) is 0 Å². The highest BCUT2D eigenvalue weighted by Crippen LogP contribution is 2.18. The van der Waals surface area contributed by atoms with Crippen molar-refractivity contribution in [3.05, 3.63) is 34.9 Å². The van der Waals surface area contributed by atoms with E-state index < -0.39 is 5.97 Å². The number of rotatable bonds is 1. The molecule has 0 saturated carbocycles. The maximum atomic E-state index is 10.7. The molecule has 1 heterocycles. The Morgan fingerprint density at radius 2 is 2.33 bits per heavy atom. The monoisotopic (exact) mass is 161 g/mol. The predicted octanol–water partition coefficient (Wildman–Crippen LogP) is 1.32. The van der Waals surface area contributed by atoms with Gasteiger partial charge >= 0.3 is 5.97 Å². The van der Waals surface area contributed by atoms with Gasteiger partial charge in [-0.1, -0.05) is 12.1 Å². The largest absolute Gasteiger partial charge is 0.478 e. The summed E-state index contributed by atoms with van der Waals surface area (Å²) in [6.45, 7) is 0.608. The Hall–Kier alpha value is -1.64. The van der Waals surface area contributed by atoms with E-state index in [0.717, 1.165) is 11.1 Å². The van der Waals surface area contributed by atoms with Crippen LogP contribution < -0.4 is 0 Å². The lowest BCUT2D eigenvalue weighted by atomic mass is 10.0. The van der Waals surface area contributed by atoms with Gasteiger partial charge in [-0.05, 0) is 11.6 Å². The number of aromatic carboxylic acids is 1. The maximum Gasteiger partial charge on any atom is 0.336 e. The molecule has 1 aliphatic rings. The fraction of sp³-hybridized carbons (Fsp3) is 0.111. The predicted molar refractivity (Wildman–Crippen MR) is 44.7 cm³/mol. The van der Waals surface area contributed by atoms with Crippen molar-refractivity contribution in [2.45, 2.75) is 6.54 Å². The minimum Gasteiger partial charge on any atom is -0.478 e. The Balaban J connectivity index is 2.63. The summed E-state index contributed by atoms with van der Waals surface area (Å²) in [4.78, 5) is 14.7. The summed E-state index contributed by atoms with van der Waals surface area (Å²) in [5.41, 5.74) is 2.09. The third-order valence-electron chi connectivity index (χ3n) is 1.91. The second kappa shape index (κ2) is 2.44. The molecule has 3 heteroatoms. The second-order valence-corrected chi connectivity index (χ2v) is 2.65. The zero-order chi connectivity index (χ0) is 8.55. The summed E-state index contributed by atoms with van der Waals surface area (Å²) < 4.78 is 0. The summed E-state index contributed by atoms with van der Waals surface area (Å²) in [5, 5.41) is 8.79. The van der Waals surface area contributed by atoms with E-state index in [0.29, 0.717) is 12.1 Å². The van der Waals surface area contributed by atoms with Gasteiger partial charge in [-0.3, -0.25) is 4.99 Å². The van der Waals surface area contributed by atoms with Crippen LogP contribution in [0.2, 0.25) is 0 Å². The Kier molecular flexibility index (Phi) is 1.43. The first kappa shape index (κ1) is 7.03. The number of hydrogen-bond donors (Lipinski definition) is 1. The number of benzene rings is 1. The Labute approximate surface area is 69.4 Å². The minimum atomic E-state index is -0.889. The maximum absolute atomic E-state index is 10.7. The quantitative estimate of drug-likeness (QED) is 0.675. The standard InChI is InChI=1S/C9H7NO2/c11-9(12)7-3-1-2-6-4-10-5-8(6)7/h1-3,5H,4H2,(H,11,12). The molecular formula is C9H7NO2. The zero-order valence-electron chi connectivity index (χ0n) is 6.32. The average Bonchev–Trinajstić information content (AvgIpc) is 2.49. The van der Waals surface area contributed by atoms with Crippen molar-refractivity contribution in [3.8, 4) is 0 Å². The topological polar surface area (TPSA) is 49.7 Å². The number of hydrogen-bond acceptors (Lipinski definition) is 2. The third kappa shape index (κ3) is 0.906.